The zero-order chi connectivity index (χ0) is 12.3. The van der Waals surface area contributed by atoms with Crippen LogP contribution in [0.1, 0.15) is 24.1 Å². The van der Waals surface area contributed by atoms with Gasteiger partial charge >= 0.3 is 0 Å². The van der Waals surface area contributed by atoms with Crippen LogP contribution in [0.2, 0.25) is 0 Å². The van der Waals surface area contributed by atoms with E-state index in [0.717, 1.165) is 23.8 Å². The number of aromatic nitrogens is 3. The number of hydrogen-bond donors (Lipinski definition) is 1. The smallest absolute Gasteiger partial charge is 0.152 e. The fourth-order valence-corrected chi connectivity index (χ4v) is 1.69. The quantitative estimate of drug-likeness (QED) is 0.876. The maximum Gasteiger partial charge on any atom is 0.152 e. The summed E-state index contributed by atoms with van der Waals surface area (Å²) in [5.74, 6) is 1.88. The summed E-state index contributed by atoms with van der Waals surface area (Å²) in [6, 6.07) is 8.45. The number of nitrogens with zero attached hydrogens (tertiary/aromatic N) is 3. The van der Waals surface area contributed by atoms with Crippen molar-refractivity contribution < 1.29 is 0 Å². The highest BCUT2D eigenvalue weighted by molar-refractivity contribution is 5.45. The Hall–Kier alpha value is -1.84. The molecule has 1 aromatic carbocycles. The van der Waals surface area contributed by atoms with E-state index in [1.807, 2.05) is 18.5 Å². The first kappa shape index (κ1) is 11.6. The van der Waals surface area contributed by atoms with E-state index in [1.54, 1.807) is 0 Å². The van der Waals surface area contributed by atoms with Crippen LogP contribution in [0.25, 0.3) is 0 Å². The molecule has 0 bridgehead atoms. The fourth-order valence-electron chi connectivity index (χ4n) is 1.69. The molecule has 0 saturated heterocycles. The first-order valence-electron chi connectivity index (χ1n) is 5.88. The molecule has 2 aromatic rings. The fraction of sp³-hybridized carbons (Fsp3) is 0.385. The Bertz CT molecular complexity index is 502. The third kappa shape index (κ3) is 2.64. The van der Waals surface area contributed by atoms with Gasteiger partial charge in [0.05, 0.1) is 6.54 Å². The molecule has 0 unspecified atom stereocenters. The summed E-state index contributed by atoms with van der Waals surface area (Å²) >= 11 is 0. The van der Waals surface area contributed by atoms with E-state index in [1.165, 1.54) is 5.56 Å². The summed E-state index contributed by atoms with van der Waals surface area (Å²) in [5, 5.41) is 11.5. The Morgan fingerprint density at radius 2 is 2.12 bits per heavy atom. The Morgan fingerprint density at radius 1 is 1.29 bits per heavy atom. The highest BCUT2D eigenvalue weighted by Gasteiger charge is 2.04. The van der Waals surface area contributed by atoms with Crippen LogP contribution in [-0.4, -0.2) is 14.8 Å². The van der Waals surface area contributed by atoms with Gasteiger partial charge in [0.1, 0.15) is 5.82 Å². The van der Waals surface area contributed by atoms with Crippen LogP contribution in [0.4, 0.5) is 5.69 Å². The Morgan fingerprint density at radius 3 is 2.76 bits per heavy atom. The van der Waals surface area contributed by atoms with Crippen molar-refractivity contribution in [2.45, 2.75) is 26.8 Å². The lowest BCUT2D eigenvalue weighted by Crippen LogP contribution is -2.06. The summed E-state index contributed by atoms with van der Waals surface area (Å²) in [6.07, 6.45) is 1.05. The number of aryl methyl sites for hydroxylation is 2. The van der Waals surface area contributed by atoms with Crippen LogP contribution < -0.4 is 5.32 Å². The zero-order valence-corrected chi connectivity index (χ0v) is 10.6. The molecule has 90 valence electrons. The first-order chi connectivity index (χ1) is 8.20. The summed E-state index contributed by atoms with van der Waals surface area (Å²) in [5.41, 5.74) is 2.47. The van der Waals surface area contributed by atoms with Crippen molar-refractivity contribution in [1.82, 2.24) is 14.8 Å². The van der Waals surface area contributed by atoms with E-state index >= 15 is 0 Å². The minimum Gasteiger partial charge on any atom is -0.378 e. The SMILES string of the molecule is CCc1cccc(NCc2nnc(C)n2C)c1. The summed E-state index contributed by atoms with van der Waals surface area (Å²) in [6.45, 7) is 4.81. The van der Waals surface area contributed by atoms with Crippen LogP contribution in [0, 0.1) is 6.92 Å². The lowest BCUT2D eigenvalue weighted by molar-refractivity contribution is 0.789. The van der Waals surface area contributed by atoms with Gasteiger partial charge in [-0.2, -0.15) is 0 Å². The molecule has 0 atom stereocenters. The molecule has 0 radical (unpaired) electrons. The maximum atomic E-state index is 4.12. The number of anilines is 1. The van der Waals surface area contributed by atoms with Crippen molar-refractivity contribution in [2.24, 2.45) is 7.05 Å². The molecular formula is C13H18N4. The van der Waals surface area contributed by atoms with Gasteiger partial charge in [-0.15, -0.1) is 10.2 Å². The zero-order valence-electron chi connectivity index (χ0n) is 10.6. The molecule has 0 aliphatic heterocycles. The van der Waals surface area contributed by atoms with Gasteiger partial charge in [-0.25, -0.2) is 0 Å². The maximum absolute atomic E-state index is 4.12. The minimum absolute atomic E-state index is 0.699. The van der Waals surface area contributed by atoms with Crippen molar-refractivity contribution in [3.8, 4) is 0 Å². The molecule has 1 aromatic heterocycles. The van der Waals surface area contributed by atoms with Gasteiger partial charge in [0, 0.05) is 12.7 Å². The number of benzene rings is 1. The van der Waals surface area contributed by atoms with Gasteiger partial charge in [0.25, 0.3) is 0 Å². The second kappa shape index (κ2) is 4.99. The molecule has 0 saturated carbocycles. The van der Waals surface area contributed by atoms with Gasteiger partial charge < -0.3 is 9.88 Å². The molecule has 1 N–H and O–H groups in total. The standard InChI is InChI=1S/C13H18N4/c1-4-11-6-5-7-12(8-11)14-9-13-16-15-10(2)17(13)3/h5-8,14H,4,9H2,1-3H3. The summed E-state index contributed by atoms with van der Waals surface area (Å²) < 4.78 is 2.00. The molecule has 0 aliphatic carbocycles. The van der Waals surface area contributed by atoms with Gasteiger partial charge in [0.2, 0.25) is 0 Å². The third-order valence-electron chi connectivity index (χ3n) is 2.97. The molecule has 0 aliphatic rings. The molecule has 4 nitrogen and oxygen atoms in total. The monoisotopic (exact) mass is 230 g/mol. The summed E-state index contributed by atoms with van der Waals surface area (Å²) in [4.78, 5) is 0. The minimum atomic E-state index is 0.699. The van der Waals surface area contributed by atoms with Crippen molar-refractivity contribution in [1.29, 1.82) is 0 Å². The highest BCUT2D eigenvalue weighted by atomic mass is 15.3. The number of hydrogen-bond acceptors (Lipinski definition) is 3. The van der Waals surface area contributed by atoms with Crippen molar-refractivity contribution >= 4 is 5.69 Å². The Labute approximate surface area is 102 Å². The molecule has 17 heavy (non-hydrogen) atoms. The van der Waals surface area contributed by atoms with Crippen LogP contribution in [0.3, 0.4) is 0 Å². The highest BCUT2D eigenvalue weighted by Crippen LogP contribution is 2.12. The van der Waals surface area contributed by atoms with Crippen LogP contribution in [0.5, 0.6) is 0 Å². The third-order valence-corrected chi connectivity index (χ3v) is 2.97. The average molecular weight is 230 g/mol. The molecule has 0 spiro atoms. The van der Waals surface area contributed by atoms with E-state index in [9.17, 15) is 0 Å². The topological polar surface area (TPSA) is 42.7 Å². The van der Waals surface area contributed by atoms with Crippen LogP contribution in [0.15, 0.2) is 24.3 Å². The molecule has 0 fully saturated rings. The second-order valence-electron chi connectivity index (χ2n) is 4.13. The Kier molecular flexibility index (Phi) is 3.42. The first-order valence-corrected chi connectivity index (χ1v) is 5.88. The molecule has 0 amide bonds. The average Bonchev–Trinajstić information content (AvgIpc) is 2.68. The Balaban J connectivity index is 2.04. The van der Waals surface area contributed by atoms with E-state index in [0.29, 0.717) is 6.54 Å². The van der Waals surface area contributed by atoms with Gasteiger partial charge in [-0.1, -0.05) is 19.1 Å². The van der Waals surface area contributed by atoms with E-state index in [-0.39, 0.29) is 0 Å². The largest absolute Gasteiger partial charge is 0.378 e. The van der Waals surface area contributed by atoms with Crippen molar-refractivity contribution in [3.63, 3.8) is 0 Å². The number of nitrogens with one attached hydrogen (secondary N) is 1. The van der Waals surface area contributed by atoms with Gasteiger partial charge in [-0.05, 0) is 31.0 Å². The van der Waals surface area contributed by atoms with E-state index in [2.05, 4.69) is 46.7 Å². The van der Waals surface area contributed by atoms with Gasteiger partial charge in [0.15, 0.2) is 5.82 Å². The van der Waals surface area contributed by atoms with Gasteiger partial charge in [-0.3, -0.25) is 0 Å². The molecular weight excluding hydrogens is 212 g/mol. The molecule has 1 heterocycles. The predicted molar refractivity (Wildman–Crippen MR) is 68.9 cm³/mol. The predicted octanol–water partition coefficient (Wildman–Crippen LogP) is 2.30. The summed E-state index contributed by atoms with van der Waals surface area (Å²) in [7, 11) is 1.98. The van der Waals surface area contributed by atoms with Crippen LogP contribution >= 0.6 is 0 Å². The van der Waals surface area contributed by atoms with Crippen LogP contribution in [-0.2, 0) is 20.0 Å². The number of rotatable bonds is 4. The normalized spacial score (nSPS) is 10.5. The lowest BCUT2D eigenvalue weighted by Gasteiger charge is -2.07. The second-order valence-corrected chi connectivity index (χ2v) is 4.13. The van der Waals surface area contributed by atoms with E-state index < -0.39 is 0 Å². The van der Waals surface area contributed by atoms with Crippen molar-refractivity contribution in [3.05, 3.63) is 41.5 Å². The molecule has 4 heteroatoms. The van der Waals surface area contributed by atoms with E-state index in [4.69, 9.17) is 0 Å². The lowest BCUT2D eigenvalue weighted by atomic mass is 10.1. The van der Waals surface area contributed by atoms with Crippen molar-refractivity contribution in [2.75, 3.05) is 5.32 Å². The molecule has 2 rings (SSSR count).